The fourth-order valence-electron chi connectivity index (χ4n) is 3.19. The van der Waals surface area contributed by atoms with Gasteiger partial charge in [0.15, 0.2) is 6.10 Å². The summed E-state index contributed by atoms with van der Waals surface area (Å²) < 4.78 is 25.5. The first-order chi connectivity index (χ1) is 19.3. The van der Waals surface area contributed by atoms with E-state index >= 15 is 0 Å². The molecule has 0 aliphatic carbocycles. The van der Waals surface area contributed by atoms with Crippen LogP contribution in [0.1, 0.15) is 90.4 Å². The maximum atomic E-state index is 12.2. The molecule has 0 aromatic heterocycles. The summed E-state index contributed by atoms with van der Waals surface area (Å²) in [5, 5.41) is 0. The fourth-order valence-corrected chi connectivity index (χ4v) is 3.55. The van der Waals surface area contributed by atoms with Gasteiger partial charge in [-0.2, -0.15) is 0 Å². The highest BCUT2D eigenvalue weighted by molar-refractivity contribution is 7.46. The summed E-state index contributed by atoms with van der Waals surface area (Å²) in [5.74, 6) is 23.7. The van der Waals surface area contributed by atoms with Gasteiger partial charge in [-0.15, -0.1) is 6.42 Å². The first-order valence-electron chi connectivity index (χ1n) is 13.3. The normalized spacial score (nSPS) is 10.2. The molecule has 0 aliphatic rings. The highest BCUT2D eigenvalue weighted by Gasteiger charge is 2.22. The number of unbranched alkanes of at least 4 members (excludes halogenated alkanes) is 11. The minimum atomic E-state index is -4.82. The Balaban J connectivity index is 4.40. The second-order valence-corrected chi connectivity index (χ2v) is 9.77. The Hall–Kier alpha value is -3.59. The molecule has 0 fully saturated rings. The molecule has 0 amide bonds. The summed E-state index contributed by atoms with van der Waals surface area (Å²) in [6.45, 7) is 1.06. The van der Waals surface area contributed by atoms with Gasteiger partial charge in [0.2, 0.25) is 0 Å². The molecule has 40 heavy (non-hydrogen) atoms. The summed E-state index contributed by atoms with van der Waals surface area (Å²) in [4.78, 5) is 41.8. The Kier molecular flexibility index (Phi) is 23.4. The molecule has 0 bridgehead atoms. The zero-order valence-corrected chi connectivity index (χ0v) is 23.9. The summed E-state index contributed by atoms with van der Waals surface area (Å²) in [7, 11) is -4.82. The molecule has 9 heteroatoms. The van der Waals surface area contributed by atoms with Gasteiger partial charge in [0.25, 0.3) is 0 Å². The van der Waals surface area contributed by atoms with E-state index in [1.807, 2.05) is 0 Å². The van der Waals surface area contributed by atoms with E-state index in [1.54, 1.807) is 0 Å². The number of hydrogen-bond donors (Lipinski definition) is 2. The minimum absolute atomic E-state index is 0.134. The molecule has 0 aromatic rings. The van der Waals surface area contributed by atoms with Gasteiger partial charge < -0.3 is 19.3 Å². The van der Waals surface area contributed by atoms with E-state index in [-0.39, 0.29) is 6.42 Å². The van der Waals surface area contributed by atoms with Gasteiger partial charge in [0.05, 0.1) is 6.61 Å². The number of rotatable bonds is 19. The van der Waals surface area contributed by atoms with Crippen molar-refractivity contribution in [1.29, 1.82) is 0 Å². The molecule has 0 radical (unpaired) electrons. The van der Waals surface area contributed by atoms with Crippen molar-refractivity contribution in [2.45, 2.75) is 96.5 Å². The lowest BCUT2D eigenvalue weighted by atomic mass is 10.0. The van der Waals surface area contributed by atoms with Gasteiger partial charge in [0, 0.05) is 12.3 Å². The summed E-state index contributed by atoms with van der Waals surface area (Å²) in [5.41, 5.74) is 0. The number of phosphoric ester groups is 1. The lowest BCUT2D eigenvalue weighted by Gasteiger charge is -2.17. The smallest absolute Gasteiger partial charge is 0.456 e. The van der Waals surface area contributed by atoms with Gasteiger partial charge in [-0.25, -0.2) is 9.36 Å². The SMILES string of the molecule is C#CC#CC#CC#CC#CC#CC(=O)OC[C@@H](COP(=O)(O)O)OC(=O)CCCCCCCCCCCCCC. The van der Waals surface area contributed by atoms with Gasteiger partial charge >= 0.3 is 19.8 Å². The van der Waals surface area contributed by atoms with Gasteiger partial charge in [-0.05, 0) is 65.6 Å². The van der Waals surface area contributed by atoms with Crippen molar-refractivity contribution >= 4 is 19.8 Å². The van der Waals surface area contributed by atoms with Crippen molar-refractivity contribution in [3.63, 3.8) is 0 Å². The van der Waals surface area contributed by atoms with Crippen LogP contribution < -0.4 is 0 Å². The van der Waals surface area contributed by atoms with Gasteiger partial charge in [-0.1, -0.05) is 77.6 Å². The molecule has 0 rings (SSSR count). The Morgan fingerprint density at radius 1 is 0.725 bits per heavy atom. The average molecular weight is 569 g/mol. The van der Waals surface area contributed by atoms with Crippen LogP contribution in [0.25, 0.3) is 0 Å². The number of carbonyl (C=O) groups is 2. The fraction of sp³-hybridized carbons (Fsp3) is 0.548. The molecule has 8 nitrogen and oxygen atoms in total. The summed E-state index contributed by atoms with van der Waals surface area (Å²) in [6, 6.07) is 0. The van der Waals surface area contributed by atoms with Crippen LogP contribution in [0.15, 0.2) is 0 Å². The maximum Gasteiger partial charge on any atom is 0.469 e. The van der Waals surface area contributed by atoms with Gasteiger partial charge in [0.1, 0.15) is 6.61 Å². The number of ether oxygens (including phenoxy) is 2. The highest BCUT2D eigenvalue weighted by Crippen LogP contribution is 2.35. The van der Waals surface area contributed by atoms with Crippen LogP contribution in [0.2, 0.25) is 0 Å². The van der Waals surface area contributed by atoms with Crippen LogP contribution >= 0.6 is 7.82 Å². The lowest BCUT2D eigenvalue weighted by Crippen LogP contribution is -2.29. The lowest BCUT2D eigenvalue weighted by molar-refractivity contribution is -0.158. The number of phosphoric acid groups is 1. The monoisotopic (exact) mass is 568 g/mol. The third-order valence-corrected chi connectivity index (χ3v) is 5.58. The molecule has 0 aromatic carbocycles. The quantitative estimate of drug-likeness (QED) is 0.0779. The predicted octanol–water partition coefficient (Wildman–Crippen LogP) is 4.29. The number of hydrogen-bond acceptors (Lipinski definition) is 6. The van der Waals surface area contributed by atoms with Gasteiger partial charge in [-0.3, -0.25) is 9.32 Å². The van der Waals surface area contributed by atoms with Crippen LogP contribution in [0.4, 0.5) is 0 Å². The molecule has 214 valence electrons. The second-order valence-electron chi connectivity index (χ2n) is 8.53. The van der Waals surface area contributed by atoms with Crippen LogP contribution in [0.5, 0.6) is 0 Å². The Labute approximate surface area is 238 Å². The number of terminal acetylenes is 1. The third kappa shape index (κ3) is 27.4. The zero-order valence-electron chi connectivity index (χ0n) is 23.1. The molecule has 0 saturated carbocycles. The van der Waals surface area contributed by atoms with E-state index in [9.17, 15) is 14.2 Å². The number of carbonyl (C=O) groups excluding carboxylic acids is 2. The van der Waals surface area contributed by atoms with Crippen molar-refractivity contribution in [2.24, 2.45) is 0 Å². The van der Waals surface area contributed by atoms with E-state index in [1.165, 1.54) is 51.4 Å². The van der Waals surface area contributed by atoms with E-state index in [0.29, 0.717) is 6.42 Å². The van der Waals surface area contributed by atoms with Crippen LogP contribution in [0.3, 0.4) is 0 Å². The largest absolute Gasteiger partial charge is 0.469 e. The van der Waals surface area contributed by atoms with Crippen molar-refractivity contribution in [1.82, 2.24) is 0 Å². The molecule has 0 aliphatic heterocycles. The van der Waals surface area contributed by atoms with Crippen LogP contribution in [0, 0.1) is 71.5 Å². The molecule has 0 spiro atoms. The molecule has 2 N–H and O–H groups in total. The Morgan fingerprint density at radius 3 is 1.70 bits per heavy atom. The summed E-state index contributed by atoms with van der Waals surface area (Å²) >= 11 is 0. The van der Waals surface area contributed by atoms with E-state index in [0.717, 1.165) is 19.3 Å². The van der Waals surface area contributed by atoms with Crippen LogP contribution in [-0.2, 0) is 28.2 Å². The molecular formula is C31H37O8P. The molecular weight excluding hydrogens is 531 g/mol. The molecule has 0 saturated heterocycles. The summed E-state index contributed by atoms with van der Waals surface area (Å²) in [6.07, 6.45) is 17.7. The first kappa shape index (κ1) is 36.4. The Morgan fingerprint density at radius 2 is 1.20 bits per heavy atom. The van der Waals surface area contributed by atoms with Crippen molar-refractivity contribution < 1.29 is 37.9 Å². The van der Waals surface area contributed by atoms with E-state index in [2.05, 4.69) is 76.6 Å². The maximum absolute atomic E-state index is 12.2. The zero-order chi connectivity index (χ0) is 29.7. The predicted molar refractivity (Wildman–Crippen MR) is 152 cm³/mol. The standard InChI is InChI=1S/C31H37O8P/c1-3-5-7-9-11-13-15-16-18-20-22-24-26-31(33)39-29(28-38-40(34,35)36)27-37-30(32)25-23-21-19-17-14-12-10-8-6-4-2/h2,29H,3,5,7,9,11,13,15-16,18,20,22,24,26-28H2,1H3,(H2,34,35,36)/t29-/m0/s1. The topological polar surface area (TPSA) is 119 Å². The van der Waals surface area contributed by atoms with E-state index < -0.39 is 39.1 Å². The number of esters is 2. The first-order valence-corrected chi connectivity index (χ1v) is 14.8. The molecule has 1 atom stereocenters. The van der Waals surface area contributed by atoms with Crippen LogP contribution in [-0.4, -0.2) is 41.0 Å². The van der Waals surface area contributed by atoms with E-state index in [4.69, 9.17) is 25.7 Å². The molecule has 0 unspecified atom stereocenters. The van der Waals surface area contributed by atoms with Crippen molar-refractivity contribution in [3.05, 3.63) is 0 Å². The minimum Gasteiger partial charge on any atom is -0.456 e. The average Bonchev–Trinajstić information content (AvgIpc) is 2.91. The second kappa shape index (κ2) is 25.7. The Bertz CT molecular complexity index is 1170. The highest BCUT2D eigenvalue weighted by atomic mass is 31.2. The van der Waals surface area contributed by atoms with Crippen molar-refractivity contribution in [3.8, 4) is 71.5 Å². The third-order valence-electron chi connectivity index (χ3n) is 5.10. The van der Waals surface area contributed by atoms with Crippen molar-refractivity contribution in [2.75, 3.05) is 13.2 Å². The molecule has 0 heterocycles.